The van der Waals surface area contributed by atoms with E-state index in [1.807, 2.05) is 0 Å². The van der Waals surface area contributed by atoms with Crippen molar-refractivity contribution >= 4 is 23.1 Å². The second kappa shape index (κ2) is 8.46. The van der Waals surface area contributed by atoms with Crippen molar-refractivity contribution in [1.82, 2.24) is 0 Å². The number of rotatable bonds is 4. The van der Waals surface area contributed by atoms with Gasteiger partial charge in [0.1, 0.15) is 11.5 Å². The maximum Gasteiger partial charge on any atom is 0.416 e. The minimum atomic E-state index is -4.63. The van der Waals surface area contributed by atoms with E-state index in [1.165, 1.54) is 31.4 Å². The van der Waals surface area contributed by atoms with Crippen molar-refractivity contribution in [3.63, 3.8) is 0 Å². The number of anilines is 1. The zero-order chi connectivity index (χ0) is 23.8. The summed E-state index contributed by atoms with van der Waals surface area (Å²) in [5.41, 5.74) is -0.546. The number of carbonyl (C=O) groups excluding carboxylic acids is 2. The van der Waals surface area contributed by atoms with Crippen molar-refractivity contribution < 1.29 is 32.6 Å². The zero-order valence-electron chi connectivity index (χ0n) is 17.3. The number of carbonyl (C=O) groups is 2. The van der Waals surface area contributed by atoms with Crippen LogP contribution >= 0.6 is 0 Å². The summed E-state index contributed by atoms with van der Waals surface area (Å²) in [5.74, 6) is -1.93. The summed E-state index contributed by atoms with van der Waals surface area (Å²) in [5, 5.41) is 11.0. The standard InChI is InChI=1S/C25H18F3NO4/c1-33-19-12-10-16(11-13-19)22(30)20-21(15-6-3-2-4-7-15)29(24(32)23(20)31)18-9-5-8-17(14-18)25(26,27)28/h2-14,21,30H,1H3/t21-/m1/s1. The van der Waals surface area contributed by atoms with Crippen molar-refractivity contribution in [3.8, 4) is 5.75 Å². The Morgan fingerprint density at radius 3 is 2.21 bits per heavy atom. The summed E-state index contributed by atoms with van der Waals surface area (Å²) >= 11 is 0. The molecule has 3 aromatic carbocycles. The number of Topliss-reactive ketones (excluding diaryl/α,β-unsaturated/α-hetero) is 1. The minimum absolute atomic E-state index is 0.102. The predicted octanol–water partition coefficient (Wildman–Crippen LogP) is 5.34. The Bertz CT molecular complexity index is 1230. The Hall–Kier alpha value is -4.07. The quantitative estimate of drug-likeness (QED) is 0.329. The number of hydrogen-bond acceptors (Lipinski definition) is 4. The molecule has 8 heteroatoms. The monoisotopic (exact) mass is 453 g/mol. The third kappa shape index (κ3) is 4.07. The molecule has 0 bridgehead atoms. The fourth-order valence-electron chi connectivity index (χ4n) is 3.79. The molecular formula is C25H18F3NO4. The van der Waals surface area contributed by atoms with Crippen LogP contribution in [0.25, 0.3) is 5.76 Å². The van der Waals surface area contributed by atoms with E-state index in [0.717, 1.165) is 17.0 Å². The van der Waals surface area contributed by atoms with Gasteiger partial charge < -0.3 is 9.84 Å². The smallest absolute Gasteiger partial charge is 0.416 e. The third-order valence-electron chi connectivity index (χ3n) is 5.37. The lowest BCUT2D eigenvalue weighted by Gasteiger charge is -2.26. The number of aliphatic hydroxyl groups is 1. The minimum Gasteiger partial charge on any atom is -0.507 e. The molecule has 168 valence electrons. The molecule has 3 aromatic rings. The van der Waals surface area contributed by atoms with Crippen molar-refractivity contribution in [1.29, 1.82) is 0 Å². The van der Waals surface area contributed by atoms with Crippen LogP contribution in [0.3, 0.4) is 0 Å². The van der Waals surface area contributed by atoms with Gasteiger partial charge in [-0.05, 0) is 48.0 Å². The number of hydrogen-bond donors (Lipinski definition) is 1. The molecule has 1 aliphatic rings. The van der Waals surface area contributed by atoms with Gasteiger partial charge in [-0.25, -0.2) is 0 Å². The molecular weight excluding hydrogens is 435 g/mol. The predicted molar refractivity (Wildman–Crippen MR) is 116 cm³/mol. The molecule has 1 amide bonds. The van der Waals surface area contributed by atoms with E-state index in [0.29, 0.717) is 11.3 Å². The number of ketones is 1. The highest BCUT2D eigenvalue weighted by Gasteiger charge is 2.47. The molecule has 0 aliphatic carbocycles. The number of alkyl halides is 3. The summed E-state index contributed by atoms with van der Waals surface area (Å²) in [4.78, 5) is 27.1. The van der Waals surface area contributed by atoms with E-state index >= 15 is 0 Å². The van der Waals surface area contributed by atoms with Gasteiger partial charge in [0, 0.05) is 11.3 Å². The van der Waals surface area contributed by atoms with E-state index in [1.54, 1.807) is 42.5 Å². The highest BCUT2D eigenvalue weighted by molar-refractivity contribution is 6.51. The van der Waals surface area contributed by atoms with Crippen molar-refractivity contribution in [2.24, 2.45) is 0 Å². The second-order valence-electron chi connectivity index (χ2n) is 7.36. The molecule has 1 saturated heterocycles. The van der Waals surface area contributed by atoms with E-state index in [9.17, 15) is 27.9 Å². The van der Waals surface area contributed by atoms with Crippen LogP contribution in [-0.4, -0.2) is 23.9 Å². The number of benzene rings is 3. The molecule has 1 N–H and O–H groups in total. The first kappa shape index (κ1) is 22.1. The van der Waals surface area contributed by atoms with Crippen molar-refractivity contribution in [2.45, 2.75) is 12.2 Å². The van der Waals surface area contributed by atoms with Crippen LogP contribution in [-0.2, 0) is 15.8 Å². The first-order valence-electron chi connectivity index (χ1n) is 9.90. The van der Waals surface area contributed by atoms with Crippen LogP contribution < -0.4 is 9.64 Å². The summed E-state index contributed by atoms with van der Waals surface area (Å²) in [6, 6.07) is 17.6. The molecule has 0 aromatic heterocycles. The third-order valence-corrected chi connectivity index (χ3v) is 5.37. The summed E-state index contributed by atoms with van der Waals surface area (Å²) in [6.07, 6.45) is -4.63. The Kier molecular flexibility index (Phi) is 5.68. The maximum atomic E-state index is 13.3. The average molecular weight is 453 g/mol. The highest BCUT2D eigenvalue weighted by Crippen LogP contribution is 2.43. The summed E-state index contributed by atoms with van der Waals surface area (Å²) in [7, 11) is 1.48. The average Bonchev–Trinajstić information content (AvgIpc) is 3.09. The summed E-state index contributed by atoms with van der Waals surface area (Å²) in [6.45, 7) is 0. The van der Waals surface area contributed by atoms with Gasteiger partial charge in [0.25, 0.3) is 11.7 Å². The maximum absolute atomic E-state index is 13.3. The number of amides is 1. The Labute approximate surface area is 187 Å². The van der Waals surface area contributed by atoms with Gasteiger partial charge in [-0.1, -0.05) is 36.4 Å². The lowest BCUT2D eigenvalue weighted by molar-refractivity contribution is -0.137. The van der Waals surface area contributed by atoms with E-state index in [2.05, 4.69) is 0 Å². The summed E-state index contributed by atoms with van der Waals surface area (Å²) < 4.78 is 45.0. The first-order chi connectivity index (χ1) is 15.7. The molecule has 5 nitrogen and oxygen atoms in total. The van der Waals surface area contributed by atoms with Crippen LogP contribution in [0.5, 0.6) is 5.75 Å². The first-order valence-corrected chi connectivity index (χ1v) is 9.90. The lowest BCUT2D eigenvalue weighted by atomic mass is 9.95. The number of methoxy groups -OCH3 is 1. The van der Waals surface area contributed by atoms with E-state index in [4.69, 9.17) is 4.74 Å². The van der Waals surface area contributed by atoms with Crippen molar-refractivity contribution in [3.05, 3.63) is 101 Å². The molecule has 1 aliphatic heterocycles. The van der Waals surface area contributed by atoms with Crippen LogP contribution in [0.15, 0.2) is 84.4 Å². The van der Waals surface area contributed by atoms with Gasteiger partial charge in [0.15, 0.2) is 0 Å². The molecule has 0 radical (unpaired) electrons. The second-order valence-corrected chi connectivity index (χ2v) is 7.36. The molecule has 0 spiro atoms. The number of halogens is 3. The zero-order valence-corrected chi connectivity index (χ0v) is 17.3. The normalized spacial score (nSPS) is 17.9. The van der Waals surface area contributed by atoms with E-state index < -0.39 is 35.2 Å². The topological polar surface area (TPSA) is 66.8 Å². The Morgan fingerprint density at radius 2 is 1.61 bits per heavy atom. The van der Waals surface area contributed by atoms with Crippen LogP contribution in [0.2, 0.25) is 0 Å². The van der Waals surface area contributed by atoms with Crippen LogP contribution in [0, 0.1) is 0 Å². The molecule has 4 rings (SSSR count). The molecule has 1 fully saturated rings. The Balaban J connectivity index is 1.91. The lowest BCUT2D eigenvalue weighted by Crippen LogP contribution is -2.29. The number of ether oxygens (including phenoxy) is 1. The molecule has 1 atom stereocenters. The number of nitrogens with zero attached hydrogens (tertiary/aromatic N) is 1. The molecule has 0 saturated carbocycles. The SMILES string of the molecule is COc1ccc(C(O)=C2C(=O)C(=O)N(c3cccc(C(F)(F)F)c3)[C@@H]2c2ccccc2)cc1. The largest absolute Gasteiger partial charge is 0.507 e. The van der Waals surface area contributed by atoms with Gasteiger partial charge >= 0.3 is 6.18 Å². The van der Waals surface area contributed by atoms with Crippen LogP contribution in [0.1, 0.15) is 22.7 Å². The van der Waals surface area contributed by atoms with E-state index in [-0.39, 0.29) is 16.8 Å². The van der Waals surface area contributed by atoms with Crippen LogP contribution in [0.4, 0.5) is 18.9 Å². The van der Waals surface area contributed by atoms with Gasteiger partial charge in [-0.2, -0.15) is 13.2 Å². The molecule has 0 unspecified atom stereocenters. The fourth-order valence-corrected chi connectivity index (χ4v) is 3.79. The van der Waals surface area contributed by atoms with Gasteiger partial charge in [0.2, 0.25) is 0 Å². The van der Waals surface area contributed by atoms with Gasteiger partial charge in [-0.15, -0.1) is 0 Å². The van der Waals surface area contributed by atoms with Crippen molar-refractivity contribution in [2.75, 3.05) is 12.0 Å². The highest BCUT2D eigenvalue weighted by atomic mass is 19.4. The fraction of sp³-hybridized carbons (Fsp3) is 0.120. The number of aliphatic hydroxyl groups excluding tert-OH is 1. The molecule has 1 heterocycles. The Morgan fingerprint density at radius 1 is 0.939 bits per heavy atom. The molecule has 33 heavy (non-hydrogen) atoms. The van der Waals surface area contributed by atoms with Gasteiger partial charge in [0.05, 0.1) is 24.3 Å². The van der Waals surface area contributed by atoms with Gasteiger partial charge in [-0.3, -0.25) is 14.5 Å².